The van der Waals surface area contributed by atoms with Gasteiger partial charge in [-0.25, -0.2) is 4.79 Å². The summed E-state index contributed by atoms with van der Waals surface area (Å²) in [6, 6.07) is 0. The van der Waals surface area contributed by atoms with E-state index in [0.29, 0.717) is 12.8 Å². The lowest BCUT2D eigenvalue weighted by Crippen LogP contribution is -2.58. The van der Waals surface area contributed by atoms with Crippen LogP contribution < -0.4 is 0 Å². The molecule has 0 spiro atoms. The minimum Gasteiger partial charge on any atom is -0.481 e. The van der Waals surface area contributed by atoms with Gasteiger partial charge in [0.1, 0.15) is 12.0 Å². The van der Waals surface area contributed by atoms with Crippen molar-refractivity contribution in [3.63, 3.8) is 0 Å². The average molecular weight is 549 g/mol. The van der Waals surface area contributed by atoms with Gasteiger partial charge in [0, 0.05) is 6.42 Å². The molecule has 0 aromatic heterocycles. The molecule has 11 nitrogen and oxygen atoms in total. The van der Waals surface area contributed by atoms with Crippen molar-refractivity contribution in [2.75, 3.05) is 6.61 Å². The van der Waals surface area contributed by atoms with Crippen LogP contribution in [0.4, 0.5) is 0 Å². The zero-order valence-corrected chi connectivity index (χ0v) is 22.7. The third-order valence-electron chi connectivity index (χ3n) is 6.68. The van der Waals surface area contributed by atoms with Crippen LogP contribution in [-0.2, 0) is 23.9 Å². The molecule has 4 unspecified atom stereocenters. The van der Waals surface area contributed by atoms with Crippen molar-refractivity contribution in [2.24, 2.45) is 5.92 Å². The van der Waals surface area contributed by atoms with Gasteiger partial charge in [-0.3, -0.25) is 14.4 Å². The molecule has 0 fully saturated rings. The molecule has 0 aromatic carbocycles. The van der Waals surface area contributed by atoms with Gasteiger partial charge in [-0.2, -0.15) is 0 Å². The van der Waals surface area contributed by atoms with Crippen molar-refractivity contribution in [3.05, 3.63) is 0 Å². The van der Waals surface area contributed by atoms with Crippen molar-refractivity contribution >= 4 is 23.9 Å². The third-order valence-corrected chi connectivity index (χ3v) is 6.68. The molecule has 0 bridgehead atoms. The molecule has 0 aromatic rings. The molecule has 222 valence electrons. The molecule has 4 atom stereocenters. The number of rotatable bonds is 24. The number of carbonyl (C=O) groups is 4. The highest BCUT2D eigenvalue weighted by Crippen LogP contribution is 2.29. The van der Waals surface area contributed by atoms with Crippen LogP contribution in [0.5, 0.6) is 0 Å². The fourth-order valence-electron chi connectivity index (χ4n) is 4.36. The second-order valence-electron chi connectivity index (χ2n) is 10.0. The first kappa shape index (κ1) is 35.9. The van der Waals surface area contributed by atoms with Gasteiger partial charge in [-0.15, -0.1) is 0 Å². The van der Waals surface area contributed by atoms with Crippen LogP contribution in [0.15, 0.2) is 0 Å². The Balaban J connectivity index is 4.39. The van der Waals surface area contributed by atoms with Crippen molar-refractivity contribution < 1.29 is 54.6 Å². The lowest BCUT2D eigenvalue weighted by Gasteiger charge is -2.33. The van der Waals surface area contributed by atoms with E-state index in [4.69, 9.17) is 10.2 Å². The van der Waals surface area contributed by atoms with Gasteiger partial charge in [0.15, 0.2) is 5.60 Å². The van der Waals surface area contributed by atoms with Crippen molar-refractivity contribution in [2.45, 2.75) is 134 Å². The van der Waals surface area contributed by atoms with E-state index in [0.717, 1.165) is 19.3 Å². The van der Waals surface area contributed by atoms with E-state index in [1.54, 1.807) is 0 Å². The number of aliphatic hydroxyl groups is 4. The summed E-state index contributed by atoms with van der Waals surface area (Å²) in [6.07, 6.45) is 10.7. The van der Waals surface area contributed by atoms with E-state index in [9.17, 15) is 39.6 Å². The van der Waals surface area contributed by atoms with Crippen LogP contribution in [0.25, 0.3) is 0 Å². The lowest BCUT2D eigenvalue weighted by atomic mass is 9.79. The molecule has 0 aliphatic rings. The van der Waals surface area contributed by atoms with Crippen LogP contribution in [-0.4, -0.2) is 78.9 Å². The Labute approximate surface area is 225 Å². The molecule has 0 heterocycles. The van der Waals surface area contributed by atoms with E-state index in [2.05, 4.69) is 11.7 Å². The molecule has 0 amide bonds. The summed E-state index contributed by atoms with van der Waals surface area (Å²) < 4.78 is 4.58. The highest BCUT2D eigenvalue weighted by molar-refractivity contribution is 5.94. The van der Waals surface area contributed by atoms with E-state index in [-0.39, 0.29) is 6.42 Å². The molecule has 0 aliphatic heterocycles. The molecular formula is C27H48O11. The van der Waals surface area contributed by atoms with Gasteiger partial charge in [0.25, 0.3) is 0 Å². The SMILES string of the molecule is CCCCCCCCCCCCCCCCCC(=O)OC(=O)C(C(O)C(O)CO)C(O)(CC(=O)O)C(=O)O. The van der Waals surface area contributed by atoms with E-state index < -0.39 is 60.6 Å². The average Bonchev–Trinajstić information content (AvgIpc) is 2.85. The molecule has 38 heavy (non-hydrogen) atoms. The van der Waals surface area contributed by atoms with Crippen molar-refractivity contribution in [1.29, 1.82) is 0 Å². The standard InChI is InChI=1S/C27H48O11/c1-2-3-4-5-6-7-8-9-10-11-12-13-14-15-16-17-22(32)38-25(34)23(24(33)20(29)19-28)27(37,26(35)36)18-21(30)31/h20,23-24,28-29,33,37H,2-19H2,1H3,(H,30,31)(H,35,36). The Morgan fingerprint density at radius 3 is 1.53 bits per heavy atom. The number of hydrogen-bond acceptors (Lipinski definition) is 9. The maximum Gasteiger partial charge on any atom is 0.337 e. The van der Waals surface area contributed by atoms with Crippen molar-refractivity contribution in [1.82, 2.24) is 0 Å². The first-order chi connectivity index (χ1) is 18.0. The predicted molar refractivity (Wildman–Crippen MR) is 138 cm³/mol. The topological polar surface area (TPSA) is 199 Å². The van der Waals surface area contributed by atoms with Gasteiger partial charge in [-0.05, 0) is 6.42 Å². The number of aliphatic carboxylic acids is 2. The summed E-state index contributed by atoms with van der Waals surface area (Å²) in [7, 11) is 0. The largest absolute Gasteiger partial charge is 0.481 e. The number of carboxylic acid groups (broad SMARTS) is 2. The van der Waals surface area contributed by atoms with Gasteiger partial charge in [0.2, 0.25) is 0 Å². The minimum absolute atomic E-state index is 0.181. The maximum atomic E-state index is 12.5. The normalized spacial score (nSPS) is 15.3. The van der Waals surface area contributed by atoms with Crippen LogP contribution in [0, 0.1) is 5.92 Å². The summed E-state index contributed by atoms with van der Waals surface area (Å²) in [6.45, 7) is 1.09. The zero-order chi connectivity index (χ0) is 29.0. The first-order valence-electron chi connectivity index (χ1n) is 13.9. The summed E-state index contributed by atoms with van der Waals surface area (Å²) in [4.78, 5) is 47.2. The number of esters is 2. The monoisotopic (exact) mass is 548 g/mol. The molecule has 0 saturated carbocycles. The minimum atomic E-state index is -3.40. The Morgan fingerprint density at radius 1 is 0.737 bits per heavy atom. The molecule has 0 rings (SSSR count). The highest BCUT2D eigenvalue weighted by atomic mass is 16.6. The number of ether oxygens (including phenoxy) is 1. The number of aliphatic hydroxyl groups excluding tert-OH is 3. The fraction of sp³-hybridized carbons (Fsp3) is 0.852. The third kappa shape index (κ3) is 14.8. The van der Waals surface area contributed by atoms with Crippen molar-refractivity contribution in [3.8, 4) is 0 Å². The number of carboxylic acids is 2. The van der Waals surface area contributed by atoms with Crippen LogP contribution in [0.1, 0.15) is 116 Å². The second kappa shape index (κ2) is 20.8. The molecule has 0 saturated heterocycles. The van der Waals surface area contributed by atoms with Gasteiger partial charge in [0.05, 0.1) is 19.1 Å². The first-order valence-corrected chi connectivity index (χ1v) is 13.9. The zero-order valence-electron chi connectivity index (χ0n) is 22.7. The number of carbonyl (C=O) groups excluding carboxylic acids is 2. The Bertz CT molecular complexity index is 697. The molecule has 11 heteroatoms. The maximum absolute atomic E-state index is 12.5. The van der Waals surface area contributed by atoms with E-state index in [1.165, 1.54) is 64.2 Å². The summed E-state index contributed by atoms with van der Waals surface area (Å²) >= 11 is 0. The number of unbranched alkanes of at least 4 members (excludes halogenated alkanes) is 14. The fourth-order valence-corrected chi connectivity index (χ4v) is 4.36. The quantitative estimate of drug-likeness (QED) is 0.0588. The predicted octanol–water partition coefficient (Wildman–Crippen LogP) is 2.94. The Morgan fingerprint density at radius 2 is 1.16 bits per heavy atom. The number of hydrogen-bond donors (Lipinski definition) is 6. The summed E-state index contributed by atoms with van der Waals surface area (Å²) in [5.41, 5.74) is -3.40. The van der Waals surface area contributed by atoms with E-state index in [1.807, 2.05) is 0 Å². The van der Waals surface area contributed by atoms with Crippen LogP contribution in [0.3, 0.4) is 0 Å². The van der Waals surface area contributed by atoms with Crippen LogP contribution in [0.2, 0.25) is 0 Å². The second-order valence-corrected chi connectivity index (χ2v) is 10.0. The molecule has 0 aliphatic carbocycles. The molecule has 6 N–H and O–H groups in total. The molecular weight excluding hydrogens is 500 g/mol. The van der Waals surface area contributed by atoms with Crippen LogP contribution >= 0.6 is 0 Å². The smallest absolute Gasteiger partial charge is 0.337 e. The van der Waals surface area contributed by atoms with Gasteiger partial charge >= 0.3 is 23.9 Å². The Kier molecular flexibility index (Phi) is 19.7. The summed E-state index contributed by atoms with van der Waals surface area (Å²) in [5.74, 6) is -9.28. The summed E-state index contributed by atoms with van der Waals surface area (Å²) in [5, 5.41) is 57.5. The van der Waals surface area contributed by atoms with Gasteiger partial charge < -0.3 is 35.4 Å². The lowest BCUT2D eigenvalue weighted by molar-refractivity contribution is -0.196. The highest BCUT2D eigenvalue weighted by Gasteiger charge is 2.55. The van der Waals surface area contributed by atoms with E-state index >= 15 is 0 Å². The van der Waals surface area contributed by atoms with Gasteiger partial charge in [-0.1, -0.05) is 96.8 Å². The molecule has 0 radical (unpaired) electrons. The Hall–Kier alpha value is -2.08.